The van der Waals surface area contributed by atoms with Gasteiger partial charge in [0, 0.05) is 18.7 Å². The first kappa shape index (κ1) is 13.8. The average molecular weight is 310 g/mol. The molecule has 0 aromatic heterocycles. The van der Waals surface area contributed by atoms with Gasteiger partial charge < -0.3 is 4.90 Å². The molecule has 2 heterocycles. The third-order valence-corrected chi connectivity index (χ3v) is 4.13. The molecule has 110 valence electrons. The molecule has 3 rings (SSSR count). The average Bonchev–Trinajstić information content (AvgIpc) is 2.72. The number of fused-ring (bicyclic) bond motifs is 1. The van der Waals surface area contributed by atoms with Crippen LogP contribution in [0.1, 0.15) is 19.3 Å². The Morgan fingerprint density at radius 3 is 2.67 bits per heavy atom. The highest BCUT2D eigenvalue weighted by atomic mass is 35.5. The van der Waals surface area contributed by atoms with E-state index in [9.17, 15) is 19.7 Å². The third kappa shape index (κ3) is 2.13. The predicted octanol–water partition coefficient (Wildman–Crippen LogP) is 2.57. The number of halogens is 1. The zero-order chi connectivity index (χ0) is 15.1. The Bertz CT molecular complexity index is 624. The quantitative estimate of drug-likeness (QED) is 0.477. The van der Waals surface area contributed by atoms with Gasteiger partial charge in [0.15, 0.2) is 0 Å². The number of hydrogen-bond donors (Lipinski definition) is 0. The van der Waals surface area contributed by atoms with Gasteiger partial charge in [0.25, 0.3) is 11.6 Å². The fourth-order valence-electron chi connectivity index (χ4n) is 2.80. The Kier molecular flexibility index (Phi) is 3.29. The summed E-state index contributed by atoms with van der Waals surface area (Å²) in [5.74, 6) is -0.310. The van der Waals surface area contributed by atoms with Crippen LogP contribution in [-0.2, 0) is 4.79 Å². The van der Waals surface area contributed by atoms with Gasteiger partial charge in [0.1, 0.15) is 6.04 Å². The topological polar surface area (TPSA) is 83.8 Å². The number of nitrogens with zero attached hydrogens (tertiary/aromatic N) is 3. The largest absolute Gasteiger partial charge is 0.332 e. The Balaban J connectivity index is 1.98. The van der Waals surface area contributed by atoms with E-state index in [0.717, 1.165) is 23.8 Å². The molecule has 21 heavy (non-hydrogen) atoms. The molecule has 1 aromatic rings. The lowest BCUT2D eigenvalue weighted by molar-refractivity contribution is -0.384. The molecule has 1 atom stereocenters. The molecule has 8 heteroatoms. The molecule has 0 bridgehead atoms. The van der Waals surface area contributed by atoms with E-state index in [1.807, 2.05) is 0 Å². The van der Waals surface area contributed by atoms with Gasteiger partial charge in [-0.05, 0) is 25.3 Å². The van der Waals surface area contributed by atoms with E-state index in [-0.39, 0.29) is 22.3 Å². The maximum absolute atomic E-state index is 12.4. The van der Waals surface area contributed by atoms with Crippen LogP contribution >= 0.6 is 11.6 Å². The summed E-state index contributed by atoms with van der Waals surface area (Å²) in [5, 5.41) is 10.7. The summed E-state index contributed by atoms with van der Waals surface area (Å²) in [6, 6.07) is 2.89. The van der Waals surface area contributed by atoms with Gasteiger partial charge >= 0.3 is 6.03 Å². The summed E-state index contributed by atoms with van der Waals surface area (Å²) < 4.78 is 0. The number of nitro benzene ring substituents is 1. The number of benzene rings is 1. The van der Waals surface area contributed by atoms with Crippen LogP contribution in [0.25, 0.3) is 0 Å². The van der Waals surface area contributed by atoms with Crippen LogP contribution in [-0.4, -0.2) is 34.3 Å². The SMILES string of the molecule is O=C1C2CCCCN2C(=O)N1c1ccc([N+](=O)[O-])cc1Cl. The van der Waals surface area contributed by atoms with Crippen molar-refractivity contribution in [2.45, 2.75) is 25.3 Å². The van der Waals surface area contributed by atoms with Crippen molar-refractivity contribution in [3.05, 3.63) is 33.3 Å². The summed E-state index contributed by atoms with van der Waals surface area (Å²) in [4.78, 5) is 37.5. The van der Waals surface area contributed by atoms with Gasteiger partial charge in [-0.15, -0.1) is 0 Å². The van der Waals surface area contributed by atoms with E-state index in [2.05, 4.69) is 0 Å². The Hall–Kier alpha value is -2.15. The number of piperidine rings is 1. The molecule has 0 spiro atoms. The molecule has 1 aromatic carbocycles. The molecule has 2 saturated heterocycles. The van der Waals surface area contributed by atoms with E-state index in [1.54, 1.807) is 4.90 Å². The minimum atomic E-state index is -0.577. The molecular formula is C13H12ClN3O4. The van der Waals surface area contributed by atoms with Gasteiger partial charge in [-0.1, -0.05) is 11.6 Å². The minimum Gasteiger partial charge on any atom is -0.312 e. The zero-order valence-electron chi connectivity index (χ0n) is 11.0. The van der Waals surface area contributed by atoms with Crippen molar-refractivity contribution in [2.24, 2.45) is 0 Å². The lowest BCUT2D eigenvalue weighted by Gasteiger charge is -2.25. The standard InChI is InChI=1S/C13H12ClN3O4/c14-9-7-8(17(20)21)4-5-10(9)16-12(18)11-3-1-2-6-15(11)13(16)19/h4-5,7,11H,1-3,6H2. The van der Waals surface area contributed by atoms with E-state index < -0.39 is 17.0 Å². The summed E-state index contributed by atoms with van der Waals surface area (Å²) in [6.07, 6.45) is 2.42. The molecule has 1 unspecified atom stereocenters. The fourth-order valence-corrected chi connectivity index (χ4v) is 3.06. The maximum Gasteiger partial charge on any atom is 0.332 e. The van der Waals surface area contributed by atoms with E-state index >= 15 is 0 Å². The van der Waals surface area contributed by atoms with Gasteiger partial charge in [-0.25, -0.2) is 9.69 Å². The number of nitro groups is 1. The Morgan fingerprint density at radius 2 is 2.05 bits per heavy atom. The van der Waals surface area contributed by atoms with Crippen LogP contribution in [0.3, 0.4) is 0 Å². The molecule has 2 aliphatic rings. The monoisotopic (exact) mass is 309 g/mol. The number of carbonyl (C=O) groups excluding carboxylic acids is 2. The van der Waals surface area contributed by atoms with Crippen molar-refractivity contribution < 1.29 is 14.5 Å². The molecular weight excluding hydrogens is 298 g/mol. The van der Waals surface area contributed by atoms with Gasteiger partial charge in [0.05, 0.1) is 15.6 Å². The van der Waals surface area contributed by atoms with Crippen molar-refractivity contribution in [3.8, 4) is 0 Å². The molecule has 2 fully saturated rings. The van der Waals surface area contributed by atoms with Crippen molar-refractivity contribution >= 4 is 34.9 Å². The highest BCUT2D eigenvalue weighted by molar-refractivity contribution is 6.36. The Labute approximate surface area is 125 Å². The molecule has 0 saturated carbocycles. The van der Waals surface area contributed by atoms with Gasteiger partial charge in [-0.3, -0.25) is 14.9 Å². The summed E-state index contributed by atoms with van der Waals surface area (Å²) in [6.45, 7) is 0.552. The lowest BCUT2D eigenvalue weighted by atomic mass is 10.0. The molecule has 0 radical (unpaired) electrons. The van der Waals surface area contributed by atoms with E-state index in [4.69, 9.17) is 11.6 Å². The fraction of sp³-hybridized carbons (Fsp3) is 0.385. The van der Waals surface area contributed by atoms with Crippen LogP contribution in [0.2, 0.25) is 5.02 Å². The molecule has 0 aliphatic carbocycles. The smallest absolute Gasteiger partial charge is 0.312 e. The maximum atomic E-state index is 12.4. The van der Waals surface area contributed by atoms with E-state index in [0.29, 0.717) is 13.0 Å². The lowest BCUT2D eigenvalue weighted by Crippen LogP contribution is -2.39. The zero-order valence-corrected chi connectivity index (χ0v) is 11.7. The first-order chi connectivity index (χ1) is 10.0. The van der Waals surface area contributed by atoms with Crippen LogP contribution in [0.15, 0.2) is 18.2 Å². The summed E-state index contributed by atoms with van der Waals surface area (Å²) in [7, 11) is 0. The summed E-state index contributed by atoms with van der Waals surface area (Å²) >= 11 is 6.01. The van der Waals surface area contributed by atoms with E-state index in [1.165, 1.54) is 12.1 Å². The second kappa shape index (κ2) is 5.00. The molecule has 0 N–H and O–H groups in total. The number of anilines is 1. The minimum absolute atomic E-state index is 0.0192. The van der Waals surface area contributed by atoms with Crippen molar-refractivity contribution in [2.75, 3.05) is 11.4 Å². The first-order valence-corrected chi connectivity index (χ1v) is 6.97. The first-order valence-electron chi connectivity index (χ1n) is 6.59. The third-order valence-electron chi connectivity index (χ3n) is 3.83. The van der Waals surface area contributed by atoms with Crippen LogP contribution in [0.4, 0.5) is 16.2 Å². The normalized spacial score (nSPS) is 21.7. The van der Waals surface area contributed by atoms with Crippen LogP contribution < -0.4 is 4.90 Å². The van der Waals surface area contributed by atoms with Crippen molar-refractivity contribution in [3.63, 3.8) is 0 Å². The number of urea groups is 1. The molecule has 3 amide bonds. The number of imide groups is 1. The highest BCUT2D eigenvalue weighted by Gasteiger charge is 2.47. The van der Waals surface area contributed by atoms with Gasteiger partial charge in [-0.2, -0.15) is 0 Å². The number of hydrogen-bond acceptors (Lipinski definition) is 4. The number of non-ortho nitro benzene ring substituents is 1. The number of amides is 3. The second-order valence-corrected chi connectivity index (χ2v) is 5.46. The second-order valence-electron chi connectivity index (χ2n) is 5.05. The van der Waals surface area contributed by atoms with Crippen LogP contribution in [0, 0.1) is 10.1 Å². The molecule has 2 aliphatic heterocycles. The van der Waals surface area contributed by atoms with Crippen LogP contribution in [0.5, 0.6) is 0 Å². The summed E-state index contributed by atoms with van der Waals surface area (Å²) in [5.41, 5.74) is 0.0206. The highest BCUT2D eigenvalue weighted by Crippen LogP contribution is 2.36. The predicted molar refractivity (Wildman–Crippen MR) is 75.3 cm³/mol. The number of carbonyl (C=O) groups is 2. The molecule has 7 nitrogen and oxygen atoms in total. The van der Waals surface area contributed by atoms with Crippen molar-refractivity contribution in [1.29, 1.82) is 0 Å². The number of rotatable bonds is 2. The van der Waals surface area contributed by atoms with Gasteiger partial charge in [0.2, 0.25) is 0 Å². The van der Waals surface area contributed by atoms with Crippen molar-refractivity contribution in [1.82, 2.24) is 4.90 Å². The Morgan fingerprint density at radius 1 is 1.29 bits per heavy atom.